The molecule has 0 saturated carbocycles. The highest BCUT2D eigenvalue weighted by molar-refractivity contribution is 5.81. The molecule has 0 bridgehead atoms. The number of piperidine rings is 2. The van der Waals surface area contributed by atoms with Gasteiger partial charge in [0.05, 0.1) is 5.92 Å². The summed E-state index contributed by atoms with van der Waals surface area (Å²) in [5.41, 5.74) is 0.00669. The highest BCUT2D eigenvalue weighted by atomic mass is 19.4. The molecule has 2 aromatic heterocycles. The number of alkyl halides is 3. The van der Waals surface area contributed by atoms with Gasteiger partial charge < -0.3 is 14.5 Å². The monoisotopic (exact) mass is 454 g/mol. The molecule has 32 heavy (non-hydrogen) atoms. The van der Waals surface area contributed by atoms with Gasteiger partial charge in [-0.05, 0) is 51.2 Å². The second kappa shape index (κ2) is 8.91. The lowest BCUT2D eigenvalue weighted by molar-refractivity contribution is -0.157. The predicted octanol–water partition coefficient (Wildman–Crippen LogP) is 2.30. The standard InChI is InChI=1S/C20H25F3N6O3/c1-13-4-2-3-9-28(13)17(30)12-32-18(31)14-7-10-27(11-8-14)16-6-5-15-24-25-19(20(21,22)23)29(15)26-16/h5-6,13-14H,2-4,7-12H2,1H3. The summed E-state index contributed by atoms with van der Waals surface area (Å²) >= 11 is 0. The number of esters is 1. The number of anilines is 1. The molecule has 2 saturated heterocycles. The van der Waals surface area contributed by atoms with Crippen molar-refractivity contribution in [3.63, 3.8) is 0 Å². The summed E-state index contributed by atoms with van der Waals surface area (Å²) in [7, 11) is 0. The van der Waals surface area contributed by atoms with Crippen LogP contribution in [0.1, 0.15) is 44.9 Å². The maximum absolute atomic E-state index is 13.1. The third kappa shape index (κ3) is 4.63. The third-order valence-electron chi connectivity index (χ3n) is 6.12. The van der Waals surface area contributed by atoms with Crippen LogP contribution >= 0.6 is 0 Å². The number of carbonyl (C=O) groups excluding carboxylic acids is 2. The van der Waals surface area contributed by atoms with E-state index in [4.69, 9.17) is 4.74 Å². The number of carbonyl (C=O) groups is 2. The quantitative estimate of drug-likeness (QED) is 0.655. The van der Waals surface area contributed by atoms with E-state index in [9.17, 15) is 22.8 Å². The number of halogens is 3. The summed E-state index contributed by atoms with van der Waals surface area (Å²) in [6, 6.07) is 3.17. The van der Waals surface area contributed by atoms with Crippen LogP contribution in [0.15, 0.2) is 12.1 Å². The highest BCUT2D eigenvalue weighted by Crippen LogP contribution is 2.29. The lowest BCUT2D eigenvalue weighted by atomic mass is 9.97. The van der Waals surface area contributed by atoms with E-state index in [2.05, 4.69) is 15.3 Å². The van der Waals surface area contributed by atoms with Crippen LogP contribution in [0.3, 0.4) is 0 Å². The smallest absolute Gasteiger partial charge is 0.453 e. The van der Waals surface area contributed by atoms with Crippen LogP contribution in [0.5, 0.6) is 0 Å². The van der Waals surface area contributed by atoms with Gasteiger partial charge in [-0.2, -0.15) is 17.7 Å². The molecule has 0 aliphatic carbocycles. The van der Waals surface area contributed by atoms with Crippen LogP contribution in [0, 0.1) is 5.92 Å². The fraction of sp³-hybridized carbons (Fsp3) is 0.650. The van der Waals surface area contributed by atoms with Gasteiger partial charge in [-0.15, -0.1) is 15.3 Å². The Morgan fingerprint density at radius 1 is 1.09 bits per heavy atom. The summed E-state index contributed by atoms with van der Waals surface area (Å²) < 4.78 is 45.2. The number of ether oxygens (including phenoxy) is 1. The van der Waals surface area contributed by atoms with Gasteiger partial charge in [-0.3, -0.25) is 9.59 Å². The molecule has 12 heteroatoms. The minimum atomic E-state index is -4.66. The fourth-order valence-corrected chi connectivity index (χ4v) is 4.27. The van der Waals surface area contributed by atoms with Crippen molar-refractivity contribution in [2.45, 2.75) is 51.2 Å². The first-order valence-electron chi connectivity index (χ1n) is 10.7. The number of aromatic nitrogens is 4. The molecule has 0 spiro atoms. The van der Waals surface area contributed by atoms with Crippen LogP contribution in [0.2, 0.25) is 0 Å². The molecular formula is C20H25F3N6O3. The molecule has 1 amide bonds. The summed E-state index contributed by atoms with van der Waals surface area (Å²) in [5.74, 6) is -1.77. The van der Waals surface area contributed by atoms with Crippen molar-refractivity contribution in [1.29, 1.82) is 0 Å². The van der Waals surface area contributed by atoms with Gasteiger partial charge in [0.1, 0.15) is 5.82 Å². The molecule has 174 valence electrons. The zero-order valence-corrected chi connectivity index (χ0v) is 17.7. The number of nitrogens with zero attached hydrogens (tertiary/aromatic N) is 6. The number of hydrogen-bond donors (Lipinski definition) is 0. The summed E-state index contributed by atoms with van der Waals surface area (Å²) in [6.07, 6.45) is -0.729. The lowest BCUT2D eigenvalue weighted by Gasteiger charge is -2.34. The molecule has 0 aromatic carbocycles. The van der Waals surface area contributed by atoms with Crippen molar-refractivity contribution < 1.29 is 27.5 Å². The Labute approximate surface area is 182 Å². The second-order valence-corrected chi connectivity index (χ2v) is 8.28. The van der Waals surface area contributed by atoms with Gasteiger partial charge in [0, 0.05) is 25.7 Å². The van der Waals surface area contributed by atoms with E-state index in [1.165, 1.54) is 6.07 Å². The van der Waals surface area contributed by atoms with E-state index in [1.807, 2.05) is 11.8 Å². The molecule has 2 aromatic rings. The Morgan fingerprint density at radius 3 is 2.53 bits per heavy atom. The maximum Gasteiger partial charge on any atom is 0.453 e. The average Bonchev–Trinajstić information content (AvgIpc) is 3.21. The summed E-state index contributed by atoms with van der Waals surface area (Å²) in [4.78, 5) is 28.4. The number of amides is 1. The summed E-state index contributed by atoms with van der Waals surface area (Å²) in [5, 5.41) is 10.7. The number of likely N-dealkylation sites (tertiary alicyclic amines) is 1. The highest BCUT2D eigenvalue weighted by Gasteiger charge is 2.38. The van der Waals surface area contributed by atoms with Crippen molar-refractivity contribution in [2.24, 2.45) is 5.92 Å². The van der Waals surface area contributed by atoms with Crippen molar-refractivity contribution in [3.05, 3.63) is 18.0 Å². The normalized spacial score (nSPS) is 20.6. The zero-order valence-electron chi connectivity index (χ0n) is 17.7. The van der Waals surface area contributed by atoms with Crippen LogP contribution < -0.4 is 4.90 Å². The lowest BCUT2D eigenvalue weighted by Crippen LogP contribution is -2.44. The molecule has 1 atom stereocenters. The molecule has 1 unspecified atom stereocenters. The van der Waals surface area contributed by atoms with E-state index in [1.54, 1.807) is 11.0 Å². The molecule has 0 radical (unpaired) electrons. The zero-order chi connectivity index (χ0) is 22.9. The first kappa shape index (κ1) is 22.3. The largest absolute Gasteiger partial charge is 0.455 e. The molecule has 4 rings (SSSR count). The van der Waals surface area contributed by atoms with Crippen LogP contribution in [0.4, 0.5) is 19.0 Å². The van der Waals surface area contributed by atoms with Gasteiger partial charge >= 0.3 is 12.1 Å². The predicted molar refractivity (Wildman–Crippen MR) is 107 cm³/mol. The molecule has 2 fully saturated rings. The molecular weight excluding hydrogens is 429 g/mol. The van der Waals surface area contributed by atoms with E-state index in [0.717, 1.165) is 19.3 Å². The van der Waals surface area contributed by atoms with Crippen molar-refractivity contribution >= 4 is 23.3 Å². The first-order chi connectivity index (χ1) is 15.2. The van der Waals surface area contributed by atoms with Crippen LogP contribution in [-0.4, -0.2) is 68.9 Å². The fourth-order valence-electron chi connectivity index (χ4n) is 4.27. The Balaban J connectivity index is 1.32. The molecule has 2 aliphatic heterocycles. The summed E-state index contributed by atoms with van der Waals surface area (Å²) in [6.45, 7) is 3.29. The van der Waals surface area contributed by atoms with E-state index in [-0.39, 0.29) is 30.1 Å². The second-order valence-electron chi connectivity index (χ2n) is 8.28. The average molecular weight is 454 g/mol. The molecule has 9 nitrogen and oxygen atoms in total. The Morgan fingerprint density at radius 2 is 1.84 bits per heavy atom. The molecule has 2 aliphatic rings. The Hall–Kier alpha value is -2.92. The van der Waals surface area contributed by atoms with Crippen LogP contribution in [-0.2, 0) is 20.5 Å². The van der Waals surface area contributed by atoms with Crippen molar-refractivity contribution in [3.8, 4) is 0 Å². The Bertz CT molecular complexity index is 987. The van der Waals surface area contributed by atoms with Crippen molar-refractivity contribution in [2.75, 3.05) is 31.1 Å². The number of hydrogen-bond acceptors (Lipinski definition) is 7. The minimum absolute atomic E-state index is 0.00669. The number of fused-ring (bicyclic) bond motifs is 1. The van der Waals surface area contributed by atoms with Gasteiger partial charge in [-0.25, -0.2) is 0 Å². The first-order valence-corrected chi connectivity index (χ1v) is 10.7. The minimum Gasteiger partial charge on any atom is -0.455 e. The molecule has 4 heterocycles. The van der Waals surface area contributed by atoms with E-state index < -0.39 is 18.0 Å². The van der Waals surface area contributed by atoms with Gasteiger partial charge in [-0.1, -0.05) is 0 Å². The maximum atomic E-state index is 13.1. The van der Waals surface area contributed by atoms with E-state index in [0.29, 0.717) is 42.8 Å². The Kier molecular flexibility index (Phi) is 6.20. The van der Waals surface area contributed by atoms with Gasteiger partial charge in [0.15, 0.2) is 12.3 Å². The van der Waals surface area contributed by atoms with Crippen LogP contribution in [0.25, 0.3) is 5.65 Å². The topological polar surface area (TPSA) is 92.9 Å². The van der Waals surface area contributed by atoms with Gasteiger partial charge in [0.2, 0.25) is 0 Å². The van der Waals surface area contributed by atoms with Crippen molar-refractivity contribution in [1.82, 2.24) is 24.7 Å². The third-order valence-corrected chi connectivity index (χ3v) is 6.12. The SMILES string of the molecule is CC1CCCCN1C(=O)COC(=O)C1CCN(c2ccc3nnc(C(F)(F)F)n3n2)CC1. The number of rotatable bonds is 4. The van der Waals surface area contributed by atoms with Gasteiger partial charge in [0.25, 0.3) is 11.7 Å². The molecule has 0 N–H and O–H groups in total. The van der Waals surface area contributed by atoms with E-state index >= 15 is 0 Å².